The van der Waals surface area contributed by atoms with E-state index in [0.717, 1.165) is 66.3 Å². The predicted molar refractivity (Wildman–Crippen MR) is 236 cm³/mol. The SMILES string of the molecule is c1ccc(-c2cccc(-n3c4ccccc4c4ccc5c6cccc(-c7nc(-c8ccccc8)nc(-c8ccc9c(c8)sc8ccccc89)n7)c6oc5c43)c2)cc1. The van der Waals surface area contributed by atoms with Gasteiger partial charge >= 0.3 is 0 Å². The maximum atomic E-state index is 7.12. The van der Waals surface area contributed by atoms with Crippen molar-refractivity contribution in [3.63, 3.8) is 0 Å². The number of nitrogens with zero attached hydrogens (tertiary/aromatic N) is 4. The largest absolute Gasteiger partial charge is 0.453 e. The first-order valence-corrected chi connectivity index (χ1v) is 19.8. The Hall–Kier alpha value is -7.41. The summed E-state index contributed by atoms with van der Waals surface area (Å²) in [5.74, 6) is 1.79. The first-order valence-electron chi connectivity index (χ1n) is 19.0. The Labute approximate surface area is 330 Å². The molecular formula is C51H30N4OS. The molecule has 0 aliphatic heterocycles. The second kappa shape index (κ2) is 12.6. The lowest BCUT2D eigenvalue weighted by molar-refractivity contribution is 0.671. The van der Waals surface area contributed by atoms with Gasteiger partial charge in [-0.15, -0.1) is 11.3 Å². The highest BCUT2D eigenvalue weighted by molar-refractivity contribution is 7.25. The Morgan fingerprint density at radius 3 is 1.86 bits per heavy atom. The number of furan rings is 1. The van der Waals surface area contributed by atoms with Gasteiger partial charge in [0.2, 0.25) is 0 Å². The van der Waals surface area contributed by atoms with Crippen LogP contribution in [0.1, 0.15) is 0 Å². The van der Waals surface area contributed by atoms with Crippen molar-refractivity contribution < 1.29 is 4.42 Å². The van der Waals surface area contributed by atoms with Crippen LogP contribution in [0.3, 0.4) is 0 Å². The van der Waals surface area contributed by atoms with E-state index in [9.17, 15) is 0 Å². The Morgan fingerprint density at radius 2 is 1.00 bits per heavy atom. The Bertz CT molecular complexity index is 3530. The van der Waals surface area contributed by atoms with Gasteiger partial charge in [0.25, 0.3) is 0 Å². The average molecular weight is 747 g/mol. The number of hydrogen-bond donors (Lipinski definition) is 0. The zero-order valence-corrected chi connectivity index (χ0v) is 31.2. The van der Waals surface area contributed by atoms with Crippen LogP contribution in [-0.4, -0.2) is 19.5 Å². The van der Waals surface area contributed by atoms with E-state index in [4.69, 9.17) is 19.4 Å². The molecule has 12 rings (SSSR count). The monoisotopic (exact) mass is 746 g/mol. The summed E-state index contributed by atoms with van der Waals surface area (Å²) in [5, 5.41) is 6.85. The Kier molecular flexibility index (Phi) is 7.03. The van der Waals surface area contributed by atoms with Gasteiger partial charge in [0.05, 0.1) is 16.6 Å². The number of hydrogen-bond acceptors (Lipinski definition) is 5. The summed E-state index contributed by atoms with van der Waals surface area (Å²) in [6, 6.07) is 63.8. The van der Waals surface area contributed by atoms with E-state index in [-0.39, 0.29) is 0 Å². The molecule has 0 amide bonds. The summed E-state index contributed by atoms with van der Waals surface area (Å²) in [6.07, 6.45) is 0. The van der Waals surface area contributed by atoms with Gasteiger partial charge in [0, 0.05) is 58.5 Å². The first-order chi connectivity index (χ1) is 28.2. The molecule has 8 aromatic carbocycles. The molecule has 0 spiro atoms. The molecule has 0 saturated heterocycles. The molecule has 4 heterocycles. The standard InChI is InChI=1S/C51H30N4OS/c1-3-13-31(14-4-1)33-17-11-18-35(29-33)55-43-23-9-7-19-36(43)39-27-28-41-40-21-12-22-42(47(40)56-48(41)46(39)55)51-53-49(32-15-5-2-6-16-32)52-50(54-51)34-25-26-38-37-20-8-10-24-44(37)57-45(38)30-34/h1-30H. The minimum atomic E-state index is 0.562. The van der Waals surface area contributed by atoms with Crippen LogP contribution in [0.4, 0.5) is 0 Å². The third-order valence-corrected chi connectivity index (χ3v) is 12.2. The maximum Gasteiger partial charge on any atom is 0.167 e. The lowest BCUT2D eigenvalue weighted by atomic mass is 10.0. The number of rotatable bonds is 5. The molecule has 0 aliphatic carbocycles. The second-order valence-corrected chi connectivity index (χ2v) is 15.5. The predicted octanol–water partition coefficient (Wildman–Crippen LogP) is 13.9. The molecule has 0 radical (unpaired) electrons. The minimum absolute atomic E-state index is 0.562. The molecule has 0 aliphatic rings. The van der Waals surface area contributed by atoms with Crippen LogP contribution in [0.25, 0.3) is 115 Å². The van der Waals surface area contributed by atoms with Crippen molar-refractivity contribution in [1.29, 1.82) is 0 Å². The molecule has 12 aromatic rings. The fourth-order valence-corrected chi connectivity index (χ4v) is 9.56. The van der Waals surface area contributed by atoms with Crippen LogP contribution in [0.5, 0.6) is 0 Å². The summed E-state index contributed by atoms with van der Waals surface area (Å²) in [5.41, 5.74) is 9.79. The van der Waals surface area contributed by atoms with Gasteiger partial charge in [0.15, 0.2) is 23.1 Å². The molecule has 0 saturated carbocycles. The summed E-state index contributed by atoms with van der Waals surface area (Å²) in [4.78, 5) is 15.4. The molecular weight excluding hydrogens is 717 g/mol. The highest BCUT2D eigenvalue weighted by atomic mass is 32.1. The van der Waals surface area contributed by atoms with Gasteiger partial charge in [-0.2, -0.15) is 0 Å². The first kappa shape index (κ1) is 31.9. The number of thiophene rings is 1. The number of para-hydroxylation sites is 2. The number of benzene rings is 8. The van der Waals surface area contributed by atoms with Crippen LogP contribution in [0.2, 0.25) is 0 Å². The normalized spacial score (nSPS) is 11.9. The smallest absolute Gasteiger partial charge is 0.167 e. The molecule has 4 aromatic heterocycles. The van der Waals surface area contributed by atoms with Gasteiger partial charge in [-0.1, -0.05) is 140 Å². The van der Waals surface area contributed by atoms with Gasteiger partial charge < -0.3 is 8.98 Å². The van der Waals surface area contributed by atoms with Crippen molar-refractivity contribution in [3.05, 3.63) is 182 Å². The zero-order chi connectivity index (χ0) is 37.5. The van der Waals surface area contributed by atoms with E-state index in [0.29, 0.717) is 17.5 Å². The van der Waals surface area contributed by atoms with Crippen molar-refractivity contribution in [1.82, 2.24) is 19.5 Å². The van der Waals surface area contributed by atoms with Gasteiger partial charge in [0.1, 0.15) is 5.58 Å². The lowest BCUT2D eigenvalue weighted by Crippen LogP contribution is -2.00. The molecule has 0 N–H and O–H groups in total. The third-order valence-electron chi connectivity index (χ3n) is 11.1. The summed E-state index contributed by atoms with van der Waals surface area (Å²) < 4.78 is 11.9. The van der Waals surface area contributed by atoms with Crippen molar-refractivity contribution in [2.24, 2.45) is 0 Å². The fourth-order valence-electron chi connectivity index (χ4n) is 8.41. The third kappa shape index (κ3) is 5.04. The van der Waals surface area contributed by atoms with Crippen LogP contribution in [0, 0.1) is 0 Å². The van der Waals surface area contributed by atoms with E-state index in [1.165, 1.54) is 31.1 Å². The van der Waals surface area contributed by atoms with Crippen molar-refractivity contribution in [3.8, 4) is 51.0 Å². The van der Waals surface area contributed by atoms with Gasteiger partial charge in [-0.05, 0) is 53.6 Å². The lowest BCUT2D eigenvalue weighted by Gasteiger charge is -2.10. The van der Waals surface area contributed by atoms with Crippen LogP contribution < -0.4 is 0 Å². The van der Waals surface area contributed by atoms with E-state index in [1.807, 2.05) is 30.3 Å². The van der Waals surface area contributed by atoms with E-state index in [1.54, 1.807) is 11.3 Å². The number of fused-ring (bicyclic) bond motifs is 10. The van der Waals surface area contributed by atoms with Crippen molar-refractivity contribution in [2.75, 3.05) is 0 Å². The quantitative estimate of drug-likeness (QED) is 0.176. The second-order valence-electron chi connectivity index (χ2n) is 14.4. The van der Waals surface area contributed by atoms with E-state index >= 15 is 0 Å². The van der Waals surface area contributed by atoms with Crippen molar-refractivity contribution >= 4 is 75.3 Å². The zero-order valence-electron chi connectivity index (χ0n) is 30.4. The highest BCUT2D eigenvalue weighted by Crippen LogP contribution is 2.43. The van der Waals surface area contributed by atoms with Crippen molar-refractivity contribution in [2.45, 2.75) is 0 Å². The van der Waals surface area contributed by atoms with Gasteiger partial charge in [-0.3, -0.25) is 0 Å². The minimum Gasteiger partial charge on any atom is -0.453 e. The average Bonchev–Trinajstić information content (AvgIpc) is 3.96. The van der Waals surface area contributed by atoms with Crippen LogP contribution >= 0.6 is 11.3 Å². The summed E-state index contributed by atoms with van der Waals surface area (Å²) >= 11 is 1.79. The number of aromatic nitrogens is 4. The molecule has 57 heavy (non-hydrogen) atoms. The summed E-state index contributed by atoms with van der Waals surface area (Å²) in [6.45, 7) is 0. The Morgan fingerprint density at radius 1 is 0.386 bits per heavy atom. The Balaban J connectivity index is 1.09. The molecule has 266 valence electrons. The molecule has 0 bridgehead atoms. The molecule has 6 heteroatoms. The topological polar surface area (TPSA) is 56.7 Å². The maximum absolute atomic E-state index is 7.12. The van der Waals surface area contributed by atoms with E-state index in [2.05, 4.69) is 156 Å². The summed E-state index contributed by atoms with van der Waals surface area (Å²) in [7, 11) is 0. The van der Waals surface area contributed by atoms with E-state index < -0.39 is 0 Å². The fraction of sp³-hybridized carbons (Fsp3) is 0. The molecule has 0 fully saturated rings. The van der Waals surface area contributed by atoms with Crippen LogP contribution in [0.15, 0.2) is 186 Å². The molecule has 5 nitrogen and oxygen atoms in total. The van der Waals surface area contributed by atoms with Gasteiger partial charge in [-0.25, -0.2) is 15.0 Å². The molecule has 0 atom stereocenters. The van der Waals surface area contributed by atoms with Crippen LogP contribution in [-0.2, 0) is 0 Å². The highest BCUT2D eigenvalue weighted by Gasteiger charge is 2.22. The molecule has 0 unspecified atom stereocenters.